The molecule has 0 spiro atoms. The predicted molar refractivity (Wildman–Crippen MR) is 113 cm³/mol. The van der Waals surface area contributed by atoms with Crippen LogP contribution in [0.2, 0.25) is 0 Å². The van der Waals surface area contributed by atoms with E-state index in [4.69, 9.17) is 4.74 Å². The Morgan fingerprint density at radius 2 is 1.93 bits per heavy atom. The fourth-order valence-electron chi connectivity index (χ4n) is 8.28. The van der Waals surface area contributed by atoms with Crippen LogP contribution in [-0.2, 0) is 14.3 Å². The number of carbonyl (C=O) groups excluding carboxylic acids is 2. The molecule has 3 fully saturated rings. The molecular weight excluding hydrogens is 360 g/mol. The molecule has 0 amide bonds. The average molecular weight is 397 g/mol. The number of Topliss-reactive ketones (excluding diaryl/α,β-unsaturated/α-hetero) is 2. The van der Waals surface area contributed by atoms with Gasteiger partial charge < -0.3 is 4.74 Å². The van der Waals surface area contributed by atoms with Gasteiger partial charge in [0.2, 0.25) is 0 Å². The first-order chi connectivity index (χ1) is 13.9. The van der Waals surface area contributed by atoms with Gasteiger partial charge in [0.05, 0.1) is 12.4 Å². The fourth-order valence-corrected chi connectivity index (χ4v) is 8.28. The zero-order valence-corrected chi connectivity index (χ0v) is 18.4. The summed E-state index contributed by atoms with van der Waals surface area (Å²) in [5, 5.41) is 0. The first kappa shape index (κ1) is 19.6. The van der Waals surface area contributed by atoms with E-state index in [0.717, 1.165) is 63.5 Å². The highest BCUT2D eigenvalue weighted by atomic mass is 16.5. The van der Waals surface area contributed by atoms with Crippen LogP contribution >= 0.6 is 0 Å². The molecule has 5 rings (SSSR count). The number of ether oxygens (including phenoxy) is 1. The molecule has 5 aliphatic carbocycles. The second-order valence-electron chi connectivity index (χ2n) is 10.9. The van der Waals surface area contributed by atoms with Crippen molar-refractivity contribution in [3.8, 4) is 0 Å². The molecule has 0 saturated heterocycles. The Balaban J connectivity index is 1.55. The summed E-state index contributed by atoms with van der Waals surface area (Å²) in [6.45, 7) is 7.40. The lowest BCUT2D eigenvalue weighted by molar-refractivity contribution is -0.135. The first-order valence-electron chi connectivity index (χ1n) is 12.0. The summed E-state index contributed by atoms with van der Waals surface area (Å²) in [4.78, 5) is 25.4. The van der Waals surface area contributed by atoms with Crippen LogP contribution in [0.15, 0.2) is 23.0 Å². The van der Waals surface area contributed by atoms with Gasteiger partial charge in [0.25, 0.3) is 0 Å². The lowest BCUT2D eigenvalue weighted by Crippen LogP contribution is -2.55. The number of ketones is 2. The zero-order chi connectivity index (χ0) is 20.4. The summed E-state index contributed by atoms with van der Waals surface area (Å²) in [6, 6.07) is 0. The molecule has 3 nitrogen and oxygen atoms in total. The molecule has 29 heavy (non-hydrogen) atoms. The molecule has 0 radical (unpaired) electrons. The molecule has 3 heteroatoms. The summed E-state index contributed by atoms with van der Waals surface area (Å²) in [5.74, 6) is 4.12. The number of carbonyl (C=O) groups is 2. The molecule has 158 valence electrons. The van der Waals surface area contributed by atoms with E-state index in [2.05, 4.69) is 26.8 Å². The second kappa shape index (κ2) is 6.82. The van der Waals surface area contributed by atoms with Crippen LogP contribution < -0.4 is 0 Å². The Labute approximate surface area is 175 Å². The quantitative estimate of drug-likeness (QED) is 0.606. The van der Waals surface area contributed by atoms with Crippen molar-refractivity contribution in [1.82, 2.24) is 0 Å². The van der Waals surface area contributed by atoms with E-state index in [1.807, 2.05) is 0 Å². The van der Waals surface area contributed by atoms with Crippen molar-refractivity contribution >= 4 is 11.6 Å². The Morgan fingerprint density at radius 1 is 1.10 bits per heavy atom. The van der Waals surface area contributed by atoms with Gasteiger partial charge in [-0.3, -0.25) is 9.59 Å². The largest absolute Gasteiger partial charge is 0.497 e. The first-order valence-corrected chi connectivity index (χ1v) is 12.0. The predicted octanol–water partition coefficient (Wildman–Crippen LogP) is 5.79. The Bertz CT molecular complexity index is 805. The van der Waals surface area contributed by atoms with E-state index in [1.165, 1.54) is 17.8 Å². The lowest BCUT2D eigenvalue weighted by atomic mass is 9.45. The van der Waals surface area contributed by atoms with Crippen molar-refractivity contribution in [2.75, 3.05) is 6.61 Å². The van der Waals surface area contributed by atoms with Crippen LogP contribution in [0.25, 0.3) is 0 Å². The smallest absolute Gasteiger partial charge is 0.158 e. The molecule has 5 aliphatic rings. The van der Waals surface area contributed by atoms with Crippen molar-refractivity contribution in [3.63, 3.8) is 0 Å². The van der Waals surface area contributed by atoms with Crippen molar-refractivity contribution in [3.05, 3.63) is 23.0 Å². The molecular formula is C26H36O3. The van der Waals surface area contributed by atoms with Crippen molar-refractivity contribution in [2.45, 2.75) is 85.0 Å². The summed E-state index contributed by atoms with van der Waals surface area (Å²) in [7, 11) is 0. The average Bonchev–Trinajstić information content (AvgIpc) is 3.32. The lowest BCUT2D eigenvalue weighted by Gasteiger charge is -2.59. The van der Waals surface area contributed by atoms with E-state index >= 15 is 0 Å². The maximum atomic E-state index is 12.8. The van der Waals surface area contributed by atoms with E-state index < -0.39 is 0 Å². The minimum absolute atomic E-state index is 0.00325. The SMILES string of the molecule is CC1=C2C(C)C[C@@H]3[C@@H](CC[C@]4(C)C(=O)CC[C@@H]34)[C@@]2(COC2=CCCC2)CCC1=O. The van der Waals surface area contributed by atoms with E-state index in [1.54, 1.807) is 0 Å². The molecule has 3 saturated carbocycles. The Hall–Kier alpha value is -1.38. The number of hydrogen-bond acceptors (Lipinski definition) is 3. The molecule has 0 aliphatic heterocycles. The van der Waals surface area contributed by atoms with Gasteiger partial charge in [0.15, 0.2) is 5.78 Å². The topological polar surface area (TPSA) is 43.4 Å². The molecule has 0 N–H and O–H groups in total. The zero-order valence-electron chi connectivity index (χ0n) is 18.4. The summed E-state index contributed by atoms with van der Waals surface area (Å²) in [5.41, 5.74) is 2.34. The van der Waals surface area contributed by atoms with Gasteiger partial charge >= 0.3 is 0 Å². The van der Waals surface area contributed by atoms with Crippen LogP contribution in [0.5, 0.6) is 0 Å². The van der Waals surface area contributed by atoms with Crippen molar-refractivity contribution in [2.24, 2.45) is 34.5 Å². The molecule has 0 aromatic rings. The maximum Gasteiger partial charge on any atom is 0.158 e. The van der Waals surface area contributed by atoms with Crippen LogP contribution in [-0.4, -0.2) is 18.2 Å². The highest BCUT2D eigenvalue weighted by Crippen LogP contribution is 2.66. The minimum atomic E-state index is -0.0995. The van der Waals surface area contributed by atoms with E-state index in [-0.39, 0.29) is 10.8 Å². The standard InChI is InChI=1S/C26H36O3/c1-16-14-19-20-8-9-23(28)25(20,3)12-10-21(19)26(15-29-18-6-4-5-7-18)13-11-22(27)17(2)24(16)26/h6,16,19-21H,4-5,7-15H2,1-3H3/t16?,19-,20-,21+,25-,26-/m0/s1. The third-order valence-corrected chi connectivity index (χ3v) is 9.65. The van der Waals surface area contributed by atoms with Crippen molar-refractivity contribution in [1.29, 1.82) is 0 Å². The molecule has 0 heterocycles. The van der Waals surface area contributed by atoms with Crippen molar-refractivity contribution < 1.29 is 14.3 Å². The number of rotatable bonds is 3. The fraction of sp³-hybridized carbons (Fsp3) is 0.769. The summed E-state index contributed by atoms with van der Waals surface area (Å²) in [6.07, 6.45) is 12.4. The number of hydrogen-bond donors (Lipinski definition) is 0. The van der Waals surface area contributed by atoms with E-state index in [0.29, 0.717) is 41.7 Å². The third kappa shape index (κ3) is 2.75. The normalized spacial score (nSPS) is 44.3. The molecule has 0 aromatic carbocycles. The highest BCUT2D eigenvalue weighted by molar-refractivity contribution is 5.97. The van der Waals surface area contributed by atoms with Gasteiger partial charge in [0.1, 0.15) is 5.78 Å². The van der Waals surface area contributed by atoms with Gasteiger partial charge in [-0.1, -0.05) is 19.4 Å². The van der Waals surface area contributed by atoms with Gasteiger partial charge in [-0.25, -0.2) is 0 Å². The number of fused-ring (bicyclic) bond motifs is 5. The van der Waals surface area contributed by atoms with Crippen LogP contribution in [0.4, 0.5) is 0 Å². The Morgan fingerprint density at radius 3 is 2.69 bits per heavy atom. The van der Waals surface area contributed by atoms with Crippen LogP contribution in [0.3, 0.4) is 0 Å². The maximum absolute atomic E-state index is 12.8. The second-order valence-corrected chi connectivity index (χ2v) is 10.9. The monoisotopic (exact) mass is 396 g/mol. The highest BCUT2D eigenvalue weighted by Gasteiger charge is 2.62. The third-order valence-electron chi connectivity index (χ3n) is 9.65. The molecule has 1 unspecified atom stereocenters. The van der Waals surface area contributed by atoms with Crippen LogP contribution in [0.1, 0.15) is 85.0 Å². The molecule has 0 aromatic heterocycles. The summed E-state index contributed by atoms with van der Waals surface area (Å²) < 4.78 is 6.49. The molecule has 0 bridgehead atoms. The van der Waals surface area contributed by atoms with Gasteiger partial charge in [0, 0.05) is 30.1 Å². The van der Waals surface area contributed by atoms with Gasteiger partial charge in [-0.2, -0.15) is 0 Å². The molecule has 6 atom stereocenters. The van der Waals surface area contributed by atoms with Gasteiger partial charge in [-0.15, -0.1) is 0 Å². The van der Waals surface area contributed by atoms with Crippen LogP contribution in [0, 0.1) is 34.5 Å². The van der Waals surface area contributed by atoms with Gasteiger partial charge in [-0.05, 0) is 87.2 Å². The Kier molecular flexibility index (Phi) is 4.60. The van der Waals surface area contributed by atoms with E-state index in [9.17, 15) is 9.59 Å². The summed E-state index contributed by atoms with van der Waals surface area (Å²) >= 11 is 0. The minimum Gasteiger partial charge on any atom is -0.497 e. The number of allylic oxidation sites excluding steroid dienone is 2.